The van der Waals surface area contributed by atoms with Crippen LogP contribution in [0.15, 0.2) is 0 Å². The Morgan fingerprint density at radius 3 is 2.06 bits per heavy atom. The van der Waals surface area contributed by atoms with Crippen LogP contribution in [0.25, 0.3) is 0 Å². The Hall–Kier alpha value is -1.39. The van der Waals surface area contributed by atoms with Crippen molar-refractivity contribution in [3.63, 3.8) is 0 Å². The molecule has 98 valence electrons. The zero-order chi connectivity index (χ0) is 13.3. The number of amides is 2. The van der Waals surface area contributed by atoms with Crippen LogP contribution in [0.5, 0.6) is 0 Å². The summed E-state index contributed by atoms with van der Waals surface area (Å²) in [7, 11) is 0. The minimum Gasteiger partial charge on any atom is -0.356 e. The molecule has 2 N–H and O–H groups in total. The SMILES string of the molecule is CC(=O)CCC(=O)NCCC(=O)NCC(C)C. The number of ketones is 1. The fraction of sp³-hybridized carbons (Fsp3) is 0.750. The van der Waals surface area contributed by atoms with Crippen molar-refractivity contribution in [1.29, 1.82) is 0 Å². The van der Waals surface area contributed by atoms with Crippen molar-refractivity contribution in [3.05, 3.63) is 0 Å². The van der Waals surface area contributed by atoms with Gasteiger partial charge in [-0.15, -0.1) is 0 Å². The fourth-order valence-corrected chi connectivity index (χ4v) is 1.10. The van der Waals surface area contributed by atoms with Gasteiger partial charge in [-0.05, 0) is 12.8 Å². The maximum Gasteiger partial charge on any atom is 0.221 e. The minimum absolute atomic E-state index is 0.00479. The van der Waals surface area contributed by atoms with E-state index in [1.54, 1.807) is 0 Å². The summed E-state index contributed by atoms with van der Waals surface area (Å²) in [5.74, 6) is 0.168. The first-order chi connectivity index (χ1) is 7.91. The van der Waals surface area contributed by atoms with Crippen molar-refractivity contribution < 1.29 is 14.4 Å². The molecular weight excluding hydrogens is 220 g/mol. The average Bonchev–Trinajstić information content (AvgIpc) is 2.23. The van der Waals surface area contributed by atoms with E-state index in [9.17, 15) is 14.4 Å². The highest BCUT2D eigenvalue weighted by atomic mass is 16.2. The van der Waals surface area contributed by atoms with E-state index >= 15 is 0 Å². The molecule has 5 nitrogen and oxygen atoms in total. The van der Waals surface area contributed by atoms with Gasteiger partial charge in [0.15, 0.2) is 0 Å². The van der Waals surface area contributed by atoms with Gasteiger partial charge in [-0.25, -0.2) is 0 Å². The molecule has 0 saturated carbocycles. The summed E-state index contributed by atoms with van der Waals surface area (Å²) in [6.07, 6.45) is 0.729. The van der Waals surface area contributed by atoms with Crippen molar-refractivity contribution >= 4 is 17.6 Å². The Balaban J connectivity index is 3.52. The first kappa shape index (κ1) is 15.6. The lowest BCUT2D eigenvalue weighted by Crippen LogP contribution is -2.32. The van der Waals surface area contributed by atoms with E-state index in [-0.39, 0.29) is 36.9 Å². The highest BCUT2D eigenvalue weighted by Crippen LogP contribution is 1.91. The molecule has 0 atom stereocenters. The Labute approximate surface area is 102 Å². The summed E-state index contributed by atoms with van der Waals surface area (Å²) in [4.78, 5) is 33.1. The van der Waals surface area contributed by atoms with Crippen LogP contribution < -0.4 is 10.6 Å². The van der Waals surface area contributed by atoms with E-state index in [2.05, 4.69) is 10.6 Å². The van der Waals surface area contributed by atoms with Gasteiger partial charge in [0.05, 0.1) is 0 Å². The zero-order valence-corrected chi connectivity index (χ0v) is 10.8. The van der Waals surface area contributed by atoms with Gasteiger partial charge in [0.2, 0.25) is 11.8 Å². The lowest BCUT2D eigenvalue weighted by molar-refractivity contribution is -0.125. The average molecular weight is 242 g/mol. The second-order valence-corrected chi connectivity index (χ2v) is 4.50. The van der Waals surface area contributed by atoms with Gasteiger partial charge in [-0.3, -0.25) is 9.59 Å². The Morgan fingerprint density at radius 2 is 1.53 bits per heavy atom. The summed E-state index contributed by atoms with van der Waals surface area (Å²) >= 11 is 0. The van der Waals surface area contributed by atoms with Crippen LogP contribution >= 0.6 is 0 Å². The Bertz CT molecular complexity index is 275. The highest BCUT2D eigenvalue weighted by Gasteiger charge is 2.05. The summed E-state index contributed by atoms with van der Waals surface area (Å²) in [5, 5.41) is 5.37. The number of Topliss-reactive ketones (excluding diaryl/α,β-unsaturated/α-hetero) is 1. The van der Waals surface area contributed by atoms with Crippen molar-refractivity contribution in [2.45, 2.75) is 40.0 Å². The van der Waals surface area contributed by atoms with Crippen LogP contribution in [-0.4, -0.2) is 30.7 Å². The second-order valence-electron chi connectivity index (χ2n) is 4.50. The van der Waals surface area contributed by atoms with Gasteiger partial charge in [0.1, 0.15) is 5.78 Å². The molecule has 0 aromatic carbocycles. The lowest BCUT2D eigenvalue weighted by atomic mass is 10.2. The summed E-state index contributed by atoms with van der Waals surface area (Å²) in [6, 6.07) is 0. The smallest absolute Gasteiger partial charge is 0.221 e. The van der Waals surface area contributed by atoms with Gasteiger partial charge in [0.25, 0.3) is 0 Å². The molecule has 0 fully saturated rings. The number of nitrogens with one attached hydrogen (secondary N) is 2. The van der Waals surface area contributed by atoms with Crippen molar-refractivity contribution in [2.75, 3.05) is 13.1 Å². The number of hydrogen-bond donors (Lipinski definition) is 2. The molecule has 0 aliphatic heterocycles. The van der Waals surface area contributed by atoms with E-state index in [0.29, 0.717) is 19.0 Å². The van der Waals surface area contributed by atoms with Gasteiger partial charge in [0, 0.05) is 32.4 Å². The largest absolute Gasteiger partial charge is 0.356 e. The third kappa shape index (κ3) is 10.9. The monoisotopic (exact) mass is 242 g/mol. The van der Waals surface area contributed by atoms with E-state index in [4.69, 9.17) is 0 Å². The minimum atomic E-state index is -0.183. The first-order valence-corrected chi connectivity index (χ1v) is 5.94. The predicted molar refractivity (Wildman–Crippen MR) is 65.4 cm³/mol. The van der Waals surface area contributed by atoms with E-state index in [1.165, 1.54) is 6.92 Å². The molecule has 5 heteroatoms. The molecule has 2 amide bonds. The summed E-state index contributed by atoms with van der Waals surface area (Å²) < 4.78 is 0. The molecule has 0 rings (SSSR count). The molecule has 17 heavy (non-hydrogen) atoms. The van der Waals surface area contributed by atoms with Crippen LogP contribution in [0.1, 0.15) is 40.0 Å². The Morgan fingerprint density at radius 1 is 0.941 bits per heavy atom. The molecule has 0 aliphatic carbocycles. The molecule has 0 unspecified atom stereocenters. The normalized spacial score (nSPS) is 10.1. The number of carbonyl (C=O) groups excluding carboxylic acids is 3. The topological polar surface area (TPSA) is 75.3 Å². The third-order valence-corrected chi connectivity index (χ3v) is 2.09. The molecule has 0 aromatic rings. The zero-order valence-electron chi connectivity index (χ0n) is 10.8. The first-order valence-electron chi connectivity index (χ1n) is 5.94. The van der Waals surface area contributed by atoms with Gasteiger partial charge >= 0.3 is 0 Å². The fourth-order valence-electron chi connectivity index (χ4n) is 1.10. The Kier molecular flexibility index (Phi) is 8.01. The lowest BCUT2D eigenvalue weighted by Gasteiger charge is -2.08. The van der Waals surface area contributed by atoms with E-state index in [0.717, 1.165) is 0 Å². The maximum absolute atomic E-state index is 11.3. The van der Waals surface area contributed by atoms with E-state index < -0.39 is 0 Å². The standard InChI is InChI=1S/C12H22N2O3/c1-9(2)8-14-12(17)6-7-13-11(16)5-4-10(3)15/h9H,4-8H2,1-3H3,(H,13,16)(H,14,17). The number of carbonyl (C=O) groups is 3. The quantitative estimate of drug-likeness (QED) is 0.655. The molecule has 0 radical (unpaired) electrons. The van der Waals surface area contributed by atoms with Crippen molar-refractivity contribution in [1.82, 2.24) is 10.6 Å². The van der Waals surface area contributed by atoms with Crippen LogP contribution in [0, 0.1) is 5.92 Å². The van der Waals surface area contributed by atoms with Crippen molar-refractivity contribution in [2.24, 2.45) is 5.92 Å². The summed E-state index contributed by atoms with van der Waals surface area (Å²) in [5.41, 5.74) is 0. The molecule has 0 aliphatic rings. The number of hydrogen-bond acceptors (Lipinski definition) is 3. The molecule has 0 aromatic heterocycles. The molecule has 0 heterocycles. The maximum atomic E-state index is 11.3. The van der Waals surface area contributed by atoms with Crippen LogP contribution in [0.2, 0.25) is 0 Å². The highest BCUT2D eigenvalue weighted by molar-refractivity contribution is 5.84. The van der Waals surface area contributed by atoms with E-state index in [1.807, 2.05) is 13.8 Å². The summed E-state index contributed by atoms with van der Waals surface area (Å²) in [6.45, 7) is 6.46. The van der Waals surface area contributed by atoms with Crippen LogP contribution in [-0.2, 0) is 14.4 Å². The molecule has 0 saturated heterocycles. The van der Waals surface area contributed by atoms with Crippen LogP contribution in [0.4, 0.5) is 0 Å². The second kappa shape index (κ2) is 8.73. The molecular formula is C12H22N2O3. The van der Waals surface area contributed by atoms with Gasteiger partial charge in [-0.1, -0.05) is 13.8 Å². The predicted octanol–water partition coefficient (Wildman–Crippen LogP) is 0.634. The van der Waals surface area contributed by atoms with Crippen molar-refractivity contribution in [3.8, 4) is 0 Å². The molecule has 0 bridgehead atoms. The van der Waals surface area contributed by atoms with Gasteiger partial charge < -0.3 is 15.4 Å². The third-order valence-electron chi connectivity index (χ3n) is 2.09. The van der Waals surface area contributed by atoms with Crippen LogP contribution in [0.3, 0.4) is 0 Å². The number of rotatable bonds is 8. The van der Waals surface area contributed by atoms with Gasteiger partial charge in [-0.2, -0.15) is 0 Å². The molecule has 0 spiro atoms.